The summed E-state index contributed by atoms with van der Waals surface area (Å²) in [5.41, 5.74) is 7.40. The van der Waals surface area contributed by atoms with Crippen molar-refractivity contribution in [3.05, 3.63) is 70.5 Å². The van der Waals surface area contributed by atoms with Gasteiger partial charge in [0.2, 0.25) is 5.88 Å². The summed E-state index contributed by atoms with van der Waals surface area (Å²) in [6.07, 6.45) is -1.19. The standard InChI is InChI=1S/C24H19F4N5O3/c1-30-11-14-10-13(2-7-17(14)29)21-23(34)33(15-3-5-16(6-4-15)36-24(27)28)22-18(31-21)8-9-20(32-22)35-12-19(25)26/h2-11,19,24H,12,29H2,1H3. The molecule has 2 aromatic heterocycles. The van der Waals surface area contributed by atoms with E-state index in [1.807, 2.05) is 0 Å². The monoisotopic (exact) mass is 501 g/mol. The van der Waals surface area contributed by atoms with Gasteiger partial charge in [-0.3, -0.25) is 14.4 Å². The lowest BCUT2D eigenvalue weighted by atomic mass is 10.1. The molecular weight excluding hydrogens is 482 g/mol. The highest BCUT2D eigenvalue weighted by molar-refractivity contribution is 5.89. The fourth-order valence-electron chi connectivity index (χ4n) is 3.45. The van der Waals surface area contributed by atoms with Crippen LogP contribution in [0.4, 0.5) is 23.2 Å². The fraction of sp³-hybridized carbons (Fsp3) is 0.167. The first-order valence-corrected chi connectivity index (χ1v) is 10.5. The van der Waals surface area contributed by atoms with Crippen molar-refractivity contribution in [2.75, 3.05) is 19.4 Å². The Hall–Kier alpha value is -4.48. The summed E-state index contributed by atoms with van der Waals surface area (Å²) in [6.45, 7) is -3.91. The molecule has 8 nitrogen and oxygen atoms in total. The molecule has 0 aliphatic heterocycles. The van der Waals surface area contributed by atoms with E-state index >= 15 is 0 Å². The van der Waals surface area contributed by atoms with E-state index < -0.39 is 25.2 Å². The van der Waals surface area contributed by atoms with Gasteiger partial charge < -0.3 is 15.2 Å². The number of pyridine rings is 1. The number of rotatable bonds is 8. The summed E-state index contributed by atoms with van der Waals surface area (Å²) >= 11 is 0. The average molecular weight is 501 g/mol. The Kier molecular flexibility index (Phi) is 7.13. The van der Waals surface area contributed by atoms with Crippen molar-refractivity contribution in [3.8, 4) is 28.6 Å². The summed E-state index contributed by atoms with van der Waals surface area (Å²) in [5.74, 6) is -0.256. The van der Waals surface area contributed by atoms with Crippen LogP contribution in [-0.2, 0) is 0 Å². The molecule has 0 amide bonds. The van der Waals surface area contributed by atoms with Crippen LogP contribution in [0.2, 0.25) is 0 Å². The van der Waals surface area contributed by atoms with Crippen molar-refractivity contribution in [2.24, 2.45) is 4.99 Å². The molecule has 12 heteroatoms. The lowest BCUT2D eigenvalue weighted by Crippen LogP contribution is -2.23. The Labute approximate surface area is 201 Å². The zero-order valence-electron chi connectivity index (χ0n) is 18.7. The van der Waals surface area contributed by atoms with Crippen molar-refractivity contribution >= 4 is 23.1 Å². The minimum Gasteiger partial charge on any atom is -0.472 e. The Balaban J connectivity index is 1.93. The molecule has 0 atom stereocenters. The van der Waals surface area contributed by atoms with Crippen molar-refractivity contribution in [1.29, 1.82) is 0 Å². The van der Waals surface area contributed by atoms with E-state index in [0.29, 0.717) is 16.8 Å². The zero-order chi connectivity index (χ0) is 25.8. The van der Waals surface area contributed by atoms with Crippen molar-refractivity contribution in [2.45, 2.75) is 13.0 Å². The highest BCUT2D eigenvalue weighted by Gasteiger charge is 2.18. The molecule has 0 spiro atoms. The third kappa shape index (κ3) is 5.27. The Morgan fingerprint density at radius 3 is 2.47 bits per heavy atom. The van der Waals surface area contributed by atoms with Crippen LogP contribution < -0.4 is 20.8 Å². The van der Waals surface area contributed by atoms with E-state index in [1.54, 1.807) is 25.2 Å². The number of alkyl halides is 4. The molecule has 0 radical (unpaired) electrons. The second-order valence-electron chi connectivity index (χ2n) is 7.40. The highest BCUT2D eigenvalue weighted by Crippen LogP contribution is 2.25. The minimum absolute atomic E-state index is 0.0174. The van der Waals surface area contributed by atoms with Gasteiger partial charge in [0, 0.05) is 36.1 Å². The van der Waals surface area contributed by atoms with E-state index in [9.17, 15) is 22.4 Å². The number of nitrogens with zero attached hydrogens (tertiary/aromatic N) is 4. The molecule has 36 heavy (non-hydrogen) atoms. The van der Waals surface area contributed by atoms with Crippen LogP contribution >= 0.6 is 0 Å². The molecule has 2 heterocycles. The van der Waals surface area contributed by atoms with Gasteiger partial charge in [0.25, 0.3) is 12.0 Å². The van der Waals surface area contributed by atoms with Gasteiger partial charge in [-0.2, -0.15) is 13.8 Å². The van der Waals surface area contributed by atoms with Gasteiger partial charge in [-0.15, -0.1) is 0 Å². The van der Waals surface area contributed by atoms with E-state index in [0.717, 1.165) is 0 Å². The number of fused-ring (bicyclic) bond motifs is 1. The average Bonchev–Trinajstić information content (AvgIpc) is 2.84. The Morgan fingerprint density at radius 2 is 1.81 bits per heavy atom. The van der Waals surface area contributed by atoms with Crippen molar-refractivity contribution in [3.63, 3.8) is 0 Å². The minimum atomic E-state index is -3.02. The van der Waals surface area contributed by atoms with Crippen molar-refractivity contribution < 1.29 is 27.0 Å². The van der Waals surface area contributed by atoms with Crippen molar-refractivity contribution in [1.82, 2.24) is 14.5 Å². The van der Waals surface area contributed by atoms with Gasteiger partial charge in [0.1, 0.15) is 17.0 Å². The summed E-state index contributed by atoms with van der Waals surface area (Å²) < 4.78 is 60.9. The smallest absolute Gasteiger partial charge is 0.387 e. The molecule has 0 saturated heterocycles. The lowest BCUT2D eigenvalue weighted by molar-refractivity contribution is -0.0498. The number of nitrogens with two attached hydrogens (primary N) is 1. The predicted molar refractivity (Wildman–Crippen MR) is 127 cm³/mol. The summed E-state index contributed by atoms with van der Waals surface area (Å²) in [4.78, 5) is 26.3. The number of aromatic nitrogens is 3. The largest absolute Gasteiger partial charge is 0.472 e. The first-order chi connectivity index (χ1) is 17.3. The molecule has 2 aromatic carbocycles. The maximum Gasteiger partial charge on any atom is 0.387 e. The molecule has 4 aromatic rings. The number of anilines is 1. The molecule has 0 fully saturated rings. The molecule has 186 valence electrons. The van der Waals surface area contributed by atoms with Crippen LogP contribution in [0.5, 0.6) is 11.6 Å². The second kappa shape index (κ2) is 10.4. The molecule has 0 aliphatic rings. The first kappa shape index (κ1) is 24.6. The molecule has 4 rings (SSSR count). The first-order valence-electron chi connectivity index (χ1n) is 10.5. The number of halogens is 4. The fourth-order valence-corrected chi connectivity index (χ4v) is 3.45. The van der Waals surface area contributed by atoms with Crippen LogP contribution in [0.1, 0.15) is 5.56 Å². The lowest BCUT2D eigenvalue weighted by Gasteiger charge is -2.14. The molecule has 0 saturated carbocycles. The van der Waals surface area contributed by atoms with Crippen LogP contribution in [0.25, 0.3) is 28.1 Å². The summed E-state index contributed by atoms with van der Waals surface area (Å²) in [5, 5.41) is 0. The third-order valence-electron chi connectivity index (χ3n) is 4.98. The maximum absolute atomic E-state index is 13.7. The number of hydrogen-bond acceptors (Lipinski definition) is 7. The van der Waals surface area contributed by atoms with E-state index in [-0.39, 0.29) is 34.2 Å². The normalized spacial score (nSPS) is 11.6. The predicted octanol–water partition coefficient (Wildman–Crippen LogP) is 4.32. The molecule has 0 bridgehead atoms. The molecule has 2 N–H and O–H groups in total. The summed E-state index contributed by atoms with van der Waals surface area (Å²) in [6, 6.07) is 13.0. The Morgan fingerprint density at radius 1 is 1.06 bits per heavy atom. The van der Waals surface area contributed by atoms with Crippen LogP contribution in [-0.4, -0.2) is 47.4 Å². The topological polar surface area (TPSA) is 105 Å². The van der Waals surface area contributed by atoms with Gasteiger partial charge in [0.15, 0.2) is 12.3 Å². The number of ether oxygens (including phenoxy) is 2. The van der Waals surface area contributed by atoms with E-state index in [4.69, 9.17) is 10.5 Å². The van der Waals surface area contributed by atoms with Crippen LogP contribution in [0, 0.1) is 0 Å². The number of hydrogen-bond donors (Lipinski definition) is 1. The van der Waals surface area contributed by atoms with Gasteiger partial charge in [-0.1, -0.05) is 6.07 Å². The maximum atomic E-state index is 13.7. The van der Waals surface area contributed by atoms with Crippen LogP contribution in [0.3, 0.4) is 0 Å². The zero-order valence-corrected chi connectivity index (χ0v) is 18.7. The number of benzene rings is 2. The van der Waals surface area contributed by atoms with Gasteiger partial charge in [-0.05, 0) is 42.5 Å². The molecular formula is C24H19F4N5O3. The van der Waals surface area contributed by atoms with E-state index in [1.165, 1.54) is 47.2 Å². The van der Waals surface area contributed by atoms with Gasteiger partial charge in [0.05, 0.1) is 5.69 Å². The van der Waals surface area contributed by atoms with Crippen LogP contribution in [0.15, 0.2) is 64.4 Å². The van der Waals surface area contributed by atoms with Gasteiger partial charge in [-0.25, -0.2) is 13.8 Å². The number of aliphatic imine (C=N–C) groups is 1. The second-order valence-corrected chi connectivity index (χ2v) is 7.40. The summed E-state index contributed by atoms with van der Waals surface area (Å²) in [7, 11) is 1.58. The van der Waals surface area contributed by atoms with E-state index in [2.05, 4.69) is 19.7 Å². The van der Waals surface area contributed by atoms with Gasteiger partial charge >= 0.3 is 6.61 Å². The third-order valence-corrected chi connectivity index (χ3v) is 4.98. The highest BCUT2D eigenvalue weighted by atomic mass is 19.3. The molecule has 0 aliphatic carbocycles. The quantitative estimate of drug-likeness (QED) is 0.219. The number of nitrogen functional groups attached to an aromatic ring is 1. The SMILES string of the molecule is CN=Cc1cc(-c2nc3ccc(OCC(F)F)nc3n(-c3ccc(OC(F)F)cc3)c2=O)ccc1N. The Bertz CT molecular complexity index is 1470. The molecule has 0 unspecified atom stereocenters.